The van der Waals surface area contributed by atoms with Gasteiger partial charge in [-0.25, -0.2) is 27.3 Å². The average Bonchev–Trinajstić information content (AvgIpc) is 3.98. The number of methoxy groups -OCH3 is 1. The summed E-state index contributed by atoms with van der Waals surface area (Å²) in [6.45, 7) is 8.97. The third-order valence-electron chi connectivity index (χ3n) is 10.7. The molecular weight excluding hydrogens is 722 g/mol. The molecule has 3 heterocycles. The number of carbonyl (C=O) groups is 4. The Kier molecular flexibility index (Phi) is 10.6. The number of allylic oxidation sites excluding steroid dienone is 1. The van der Waals surface area contributed by atoms with Gasteiger partial charge in [0.25, 0.3) is 15.9 Å². The Morgan fingerprint density at radius 1 is 1.09 bits per heavy atom. The number of pyridine rings is 1. The molecule has 2 saturated carbocycles. The summed E-state index contributed by atoms with van der Waals surface area (Å²) in [5.41, 5.74) is -2.54. The molecule has 1 saturated heterocycles. The Labute approximate surface area is 315 Å². The second-order valence-corrected chi connectivity index (χ2v) is 18.1. The van der Waals surface area contributed by atoms with Crippen LogP contribution >= 0.6 is 0 Å². The van der Waals surface area contributed by atoms with Gasteiger partial charge in [-0.2, -0.15) is 0 Å². The van der Waals surface area contributed by atoms with Crippen molar-refractivity contribution in [2.75, 3.05) is 13.7 Å². The van der Waals surface area contributed by atoms with Crippen molar-refractivity contribution in [2.45, 2.75) is 114 Å². The van der Waals surface area contributed by atoms with Crippen LogP contribution in [0.3, 0.4) is 0 Å². The van der Waals surface area contributed by atoms with Gasteiger partial charge in [0.15, 0.2) is 0 Å². The number of alkyl halides is 1. The second-order valence-electron chi connectivity index (χ2n) is 16.2. The largest absolute Gasteiger partial charge is 0.494 e. The number of hydrogen-bond donors (Lipinski definition) is 3. The number of nitrogens with one attached hydrogen (secondary N) is 3. The molecular formula is C38H50FN5O9S. The van der Waals surface area contributed by atoms with Crippen LogP contribution in [0, 0.1) is 17.8 Å². The molecule has 3 fully saturated rings. The maximum absolute atomic E-state index is 14.8. The van der Waals surface area contributed by atoms with Crippen LogP contribution in [0.1, 0.15) is 79.6 Å². The fourth-order valence-electron chi connectivity index (χ4n) is 7.48. The number of fused-ring (bicyclic) bond motifs is 3. The van der Waals surface area contributed by atoms with E-state index < -0.39 is 74.1 Å². The van der Waals surface area contributed by atoms with Gasteiger partial charge in [0.1, 0.15) is 35.1 Å². The summed E-state index contributed by atoms with van der Waals surface area (Å²) in [7, 11) is -3.13. The minimum atomic E-state index is -4.66. The van der Waals surface area contributed by atoms with Gasteiger partial charge >= 0.3 is 6.09 Å². The normalized spacial score (nSPS) is 30.4. The molecule has 4 amide bonds. The van der Waals surface area contributed by atoms with Crippen molar-refractivity contribution in [3.8, 4) is 11.6 Å². The highest BCUT2D eigenvalue weighted by Crippen LogP contribution is 2.48. The predicted molar refractivity (Wildman–Crippen MR) is 196 cm³/mol. The standard InChI is InChI=1S/C38H50FN5O9S/c1-22-11-7-8-12-24-19-38(24,34(47)43-54(49,50)37(39)15-16-37)42-31(45)28-18-25(52-32-27-14-10-9-13-26(27)29(51-6)20-40-32)21-44(28)33(46)30(23(2)17-22)41-35(48)53-36(3,4)5/h8-10,12-14,20,22-25,28,30H,7,11,15-19,21H2,1-6H3,(H,41,48)(H,42,45)(H,43,47)/b12-8-/t22-,23+,24+,25+,28-,30-,38+/m0/s1. The van der Waals surface area contributed by atoms with E-state index in [4.69, 9.17) is 14.2 Å². The van der Waals surface area contributed by atoms with Gasteiger partial charge in [-0.1, -0.05) is 44.2 Å². The predicted octanol–water partition coefficient (Wildman–Crippen LogP) is 4.28. The lowest BCUT2D eigenvalue weighted by molar-refractivity contribution is -0.142. The molecule has 16 heteroatoms. The van der Waals surface area contributed by atoms with E-state index in [2.05, 4.69) is 15.6 Å². The Balaban J connectivity index is 1.35. The molecule has 0 bridgehead atoms. The van der Waals surface area contributed by atoms with Crippen LogP contribution in [-0.2, 0) is 29.1 Å². The zero-order valence-corrected chi connectivity index (χ0v) is 32.3. The number of ether oxygens (including phenoxy) is 3. The number of rotatable bonds is 7. The van der Waals surface area contributed by atoms with E-state index in [0.717, 1.165) is 11.8 Å². The van der Waals surface area contributed by atoms with E-state index in [1.165, 1.54) is 18.2 Å². The number of aromatic nitrogens is 1. The van der Waals surface area contributed by atoms with Crippen LogP contribution in [0.2, 0.25) is 0 Å². The quantitative estimate of drug-likeness (QED) is 0.344. The van der Waals surface area contributed by atoms with Gasteiger partial charge in [-0.05, 0) is 64.4 Å². The smallest absolute Gasteiger partial charge is 0.408 e. The number of hydrogen-bond acceptors (Lipinski definition) is 10. The second kappa shape index (κ2) is 14.6. The average molecular weight is 772 g/mol. The van der Waals surface area contributed by atoms with Gasteiger partial charge in [0, 0.05) is 36.0 Å². The third-order valence-corrected chi connectivity index (χ3v) is 12.5. The van der Waals surface area contributed by atoms with Crippen LogP contribution in [0.5, 0.6) is 11.6 Å². The fourth-order valence-corrected chi connectivity index (χ4v) is 8.73. The molecule has 0 radical (unpaired) electrons. The number of halogens is 1. The van der Waals surface area contributed by atoms with Gasteiger partial charge in [0.05, 0.1) is 19.9 Å². The van der Waals surface area contributed by atoms with Crippen molar-refractivity contribution in [1.29, 1.82) is 0 Å². The molecule has 1 aromatic carbocycles. The lowest BCUT2D eigenvalue weighted by Gasteiger charge is -2.33. The number of nitrogens with zero attached hydrogens (tertiary/aromatic N) is 2. The van der Waals surface area contributed by atoms with Gasteiger partial charge in [0.2, 0.25) is 22.7 Å². The van der Waals surface area contributed by atoms with Gasteiger partial charge in [-0.15, -0.1) is 0 Å². The van der Waals surface area contributed by atoms with E-state index in [1.807, 2.05) is 48.9 Å². The zero-order valence-electron chi connectivity index (χ0n) is 31.5. The van der Waals surface area contributed by atoms with E-state index in [9.17, 15) is 32.0 Å². The number of benzene rings is 1. The van der Waals surface area contributed by atoms with Crippen molar-refractivity contribution in [1.82, 2.24) is 25.2 Å². The maximum Gasteiger partial charge on any atom is 0.408 e. The van der Waals surface area contributed by atoms with Crippen LogP contribution in [0.15, 0.2) is 42.6 Å². The first-order valence-corrected chi connectivity index (χ1v) is 20.0. The summed E-state index contributed by atoms with van der Waals surface area (Å²) in [6, 6.07) is 5.04. The highest BCUT2D eigenvalue weighted by atomic mass is 32.2. The molecule has 14 nitrogen and oxygen atoms in total. The molecule has 0 unspecified atom stereocenters. The summed E-state index contributed by atoms with van der Waals surface area (Å²) in [5, 5.41) is 4.41. The van der Waals surface area contributed by atoms with Crippen LogP contribution in [-0.4, -0.2) is 90.1 Å². The highest BCUT2D eigenvalue weighted by Gasteiger charge is 2.64. The molecule has 294 valence electrons. The van der Waals surface area contributed by atoms with Crippen LogP contribution < -0.4 is 24.8 Å². The van der Waals surface area contributed by atoms with E-state index in [1.54, 1.807) is 26.8 Å². The molecule has 54 heavy (non-hydrogen) atoms. The van der Waals surface area contributed by atoms with Crippen molar-refractivity contribution in [3.05, 3.63) is 42.6 Å². The molecule has 3 N–H and O–H groups in total. The number of sulfonamides is 1. The van der Waals surface area contributed by atoms with Crippen molar-refractivity contribution in [3.63, 3.8) is 0 Å². The van der Waals surface area contributed by atoms with E-state index >= 15 is 0 Å². The topological polar surface area (TPSA) is 182 Å². The molecule has 7 atom stereocenters. The molecule has 1 aromatic heterocycles. The first-order chi connectivity index (χ1) is 25.4. The molecule has 0 spiro atoms. The first-order valence-electron chi connectivity index (χ1n) is 18.5. The summed E-state index contributed by atoms with van der Waals surface area (Å²) in [4.78, 5) is 61.8. The monoisotopic (exact) mass is 771 g/mol. The van der Waals surface area contributed by atoms with Crippen molar-refractivity contribution in [2.24, 2.45) is 17.8 Å². The Morgan fingerprint density at radius 3 is 2.46 bits per heavy atom. The Bertz CT molecular complexity index is 1950. The van der Waals surface area contributed by atoms with E-state index in [-0.39, 0.29) is 49.9 Å². The highest BCUT2D eigenvalue weighted by molar-refractivity contribution is 7.91. The summed E-state index contributed by atoms with van der Waals surface area (Å²) in [5.74, 6) is -2.36. The summed E-state index contributed by atoms with van der Waals surface area (Å²) < 4.78 is 59.7. The van der Waals surface area contributed by atoms with Gasteiger partial charge in [-0.3, -0.25) is 14.4 Å². The molecule has 2 aliphatic heterocycles. The Morgan fingerprint density at radius 2 is 1.80 bits per heavy atom. The van der Waals surface area contributed by atoms with Crippen molar-refractivity contribution >= 4 is 44.6 Å². The fraction of sp³-hybridized carbons (Fsp3) is 0.605. The molecule has 2 aliphatic carbocycles. The lowest BCUT2D eigenvalue weighted by atomic mass is 9.88. The minimum absolute atomic E-state index is 0.0202. The SMILES string of the molecule is COc1cnc(O[C@@H]2C[C@H]3C(=O)N[C@]4(C(=O)NS(=O)(=O)C5(F)CC5)C[C@H]4/C=C\CC[C@H](C)C[C@@H](C)[C@H](NC(=O)OC(C)(C)C)C(=O)N3C2)c2ccccc12. The summed E-state index contributed by atoms with van der Waals surface area (Å²) >= 11 is 0. The molecule has 6 rings (SSSR count). The number of carbonyl (C=O) groups excluding carboxylic acids is 4. The van der Waals surface area contributed by atoms with E-state index in [0.29, 0.717) is 24.0 Å². The number of amides is 4. The molecule has 4 aliphatic rings. The summed E-state index contributed by atoms with van der Waals surface area (Å²) in [6.07, 6.45) is 5.13. The minimum Gasteiger partial charge on any atom is -0.494 e. The third kappa shape index (κ3) is 8.13. The van der Waals surface area contributed by atoms with Crippen LogP contribution in [0.25, 0.3) is 10.8 Å². The van der Waals surface area contributed by atoms with Gasteiger partial charge < -0.3 is 29.7 Å². The number of alkyl carbamates (subject to hydrolysis) is 1. The zero-order chi connectivity index (χ0) is 39.2. The maximum atomic E-state index is 14.8. The lowest BCUT2D eigenvalue weighted by Crippen LogP contribution is -2.59. The molecule has 2 aromatic rings. The van der Waals surface area contributed by atoms with Crippen molar-refractivity contribution < 1.29 is 46.2 Å². The first kappa shape index (κ1) is 39.2. The Hall–Kier alpha value is -4.47. The van der Waals surface area contributed by atoms with Crippen LogP contribution in [0.4, 0.5) is 9.18 Å².